The SMILES string of the molecule is C[C@@H]1[C@H](c2ccccc2)Oc2cccnc2-c2ccc(O)cc2CN1CCCCCO. The van der Waals surface area contributed by atoms with Crippen molar-refractivity contribution in [1.82, 2.24) is 9.88 Å². The number of ether oxygens (including phenoxy) is 1. The molecule has 0 aliphatic carbocycles. The first kappa shape index (κ1) is 21.3. The number of phenols is 1. The summed E-state index contributed by atoms with van der Waals surface area (Å²) in [5.41, 5.74) is 3.94. The first-order chi connectivity index (χ1) is 15.2. The predicted octanol–water partition coefficient (Wildman–Crippen LogP) is 4.94. The zero-order valence-corrected chi connectivity index (χ0v) is 17.9. The number of nitrogens with zero attached hydrogens (tertiary/aromatic N) is 2. The minimum atomic E-state index is -0.162. The largest absolute Gasteiger partial charge is 0.508 e. The molecule has 0 fully saturated rings. The molecule has 0 radical (unpaired) electrons. The van der Waals surface area contributed by atoms with Crippen LogP contribution in [0.1, 0.15) is 43.4 Å². The summed E-state index contributed by atoms with van der Waals surface area (Å²) >= 11 is 0. The van der Waals surface area contributed by atoms with Gasteiger partial charge in [-0.05, 0) is 74.2 Å². The summed E-state index contributed by atoms with van der Waals surface area (Å²) in [5.74, 6) is 1.00. The van der Waals surface area contributed by atoms with Crippen LogP contribution < -0.4 is 4.74 Å². The molecule has 2 atom stereocenters. The summed E-state index contributed by atoms with van der Waals surface area (Å²) in [5, 5.41) is 19.4. The van der Waals surface area contributed by atoms with Gasteiger partial charge in [0.05, 0.1) is 0 Å². The molecule has 2 aromatic carbocycles. The quantitative estimate of drug-likeness (QED) is 0.555. The van der Waals surface area contributed by atoms with Crippen molar-refractivity contribution in [3.63, 3.8) is 0 Å². The van der Waals surface area contributed by atoms with Crippen LogP contribution in [0.4, 0.5) is 0 Å². The highest BCUT2D eigenvalue weighted by Gasteiger charge is 2.30. The predicted molar refractivity (Wildman–Crippen MR) is 122 cm³/mol. The maximum Gasteiger partial charge on any atom is 0.146 e. The van der Waals surface area contributed by atoms with Crippen LogP contribution in [0.15, 0.2) is 66.9 Å². The molecule has 0 unspecified atom stereocenters. The van der Waals surface area contributed by atoms with E-state index in [1.165, 1.54) is 0 Å². The van der Waals surface area contributed by atoms with Crippen molar-refractivity contribution >= 4 is 0 Å². The van der Waals surface area contributed by atoms with E-state index in [-0.39, 0.29) is 24.5 Å². The minimum absolute atomic E-state index is 0.0953. The molecule has 0 bridgehead atoms. The van der Waals surface area contributed by atoms with Gasteiger partial charge in [0.25, 0.3) is 0 Å². The standard InChI is InChI=1S/C26H30N2O3/c1-19-26(20-9-4-2-5-10-20)31-24-11-8-14-27-25(24)23-13-12-22(30)17-21(23)18-28(19)15-6-3-7-16-29/h2,4-5,8-14,17,19,26,29-30H,3,6-7,15-16,18H2,1H3/t19-,26-/m1/s1. The molecule has 1 aromatic heterocycles. The third-order valence-electron chi connectivity index (χ3n) is 5.99. The molecular formula is C26H30N2O3. The zero-order valence-electron chi connectivity index (χ0n) is 17.9. The van der Waals surface area contributed by atoms with E-state index in [1.54, 1.807) is 12.3 Å². The van der Waals surface area contributed by atoms with Gasteiger partial charge in [-0.1, -0.05) is 30.3 Å². The van der Waals surface area contributed by atoms with Crippen LogP contribution in [-0.2, 0) is 6.54 Å². The van der Waals surface area contributed by atoms with Crippen molar-refractivity contribution < 1.29 is 14.9 Å². The molecule has 1 aliphatic heterocycles. The fraction of sp³-hybridized carbons (Fsp3) is 0.346. The van der Waals surface area contributed by atoms with Gasteiger partial charge in [-0.2, -0.15) is 0 Å². The van der Waals surface area contributed by atoms with Crippen molar-refractivity contribution in [3.05, 3.63) is 78.0 Å². The topological polar surface area (TPSA) is 65.8 Å². The Morgan fingerprint density at radius 2 is 1.87 bits per heavy atom. The van der Waals surface area contributed by atoms with E-state index >= 15 is 0 Å². The molecule has 5 heteroatoms. The van der Waals surface area contributed by atoms with Crippen LogP contribution in [0.3, 0.4) is 0 Å². The van der Waals surface area contributed by atoms with Crippen LogP contribution in [0.2, 0.25) is 0 Å². The molecule has 2 heterocycles. The molecule has 0 saturated carbocycles. The minimum Gasteiger partial charge on any atom is -0.508 e. The fourth-order valence-corrected chi connectivity index (χ4v) is 4.29. The van der Waals surface area contributed by atoms with Gasteiger partial charge >= 0.3 is 0 Å². The lowest BCUT2D eigenvalue weighted by Gasteiger charge is -2.34. The second-order valence-electron chi connectivity index (χ2n) is 8.14. The van der Waals surface area contributed by atoms with Crippen LogP contribution in [-0.4, -0.2) is 39.3 Å². The van der Waals surface area contributed by atoms with Crippen LogP contribution >= 0.6 is 0 Å². The van der Waals surface area contributed by atoms with Gasteiger partial charge in [0, 0.05) is 31.0 Å². The average molecular weight is 419 g/mol. The van der Waals surface area contributed by atoms with E-state index in [4.69, 9.17) is 9.84 Å². The Bertz CT molecular complexity index is 993. The maximum absolute atomic E-state index is 10.2. The van der Waals surface area contributed by atoms with Crippen molar-refractivity contribution in [1.29, 1.82) is 0 Å². The number of benzene rings is 2. The highest BCUT2D eigenvalue weighted by Crippen LogP contribution is 2.39. The summed E-state index contributed by atoms with van der Waals surface area (Å²) in [6, 6.07) is 19.8. The van der Waals surface area contributed by atoms with E-state index in [1.807, 2.05) is 42.5 Å². The Morgan fingerprint density at radius 3 is 2.68 bits per heavy atom. The number of unbranched alkanes of at least 4 members (excludes halogenated alkanes) is 2. The van der Waals surface area contributed by atoms with Crippen molar-refractivity contribution in [2.24, 2.45) is 0 Å². The second-order valence-corrected chi connectivity index (χ2v) is 8.14. The number of fused-ring (bicyclic) bond motifs is 3. The van der Waals surface area contributed by atoms with E-state index in [2.05, 4.69) is 28.9 Å². The molecule has 0 spiro atoms. The van der Waals surface area contributed by atoms with Gasteiger partial charge in [-0.3, -0.25) is 9.88 Å². The number of aromatic hydroxyl groups is 1. The van der Waals surface area contributed by atoms with Gasteiger partial charge < -0.3 is 14.9 Å². The number of aliphatic hydroxyl groups excluding tert-OH is 1. The lowest BCUT2D eigenvalue weighted by molar-refractivity contribution is 0.0702. The highest BCUT2D eigenvalue weighted by molar-refractivity contribution is 5.70. The number of aliphatic hydroxyl groups is 1. The van der Waals surface area contributed by atoms with Gasteiger partial charge in [-0.15, -0.1) is 0 Å². The fourth-order valence-electron chi connectivity index (χ4n) is 4.29. The highest BCUT2D eigenvalue weighted by atomic mass is 16.5. The number of phenolic OH excluding ortho intramolecular Hbond substituents is 1. The molecule has 3 aromatic rings. The van der Waals surface area contributed by atoms with E-state index in [9.17, 15) is 5.11 Å². The molecule has 4 rings (SSSR count). The van der Waals surface area contributed by atoms with Gasteiger partial charge in [0.15, 0.2) is 0 Å². The third-order valence-corrected chi connectivity index (χ3v) is 5.99. The summed E-state index contributed by atoms with van der Waals surface area (Å²) in [6.07, 6.45) is 4.40. The molecule has 2 N–H and O–H groups in total. The monoisotopic (exact) mass is 418 g/mol. The molecule has 162 valence electrons. The number of pyridine rings is 1. The van der Waals surface area contributed by atoms with Crippen molar-refractivity contribution in [2.45, 2.75) is 44.9 Å². The Morgan fingerprint density at radius 1 is 1.03 bits per heavy atom. The van der Waals surface area contributed by atoms with Crippen LogP contribution in [0.25, 0.3) is 11.3 Å². The van der Waals surface area contributed by atoms with Crippen molar-refractivity contribution in [2.75, 3.05) is 13.2 Å². The molecule has 5 nitrogen and oxygen atoms in total. The Kier molecular flexibility index (Phi) is 6.85. The van der Waals surface area contributed by atoms with E-state index in [0.29, 0.717) is 6.54 Å². The number of hydrogen-bond donors (Lipinski definition) is 2. The first-order valence-electron chi connectivity index (χ1n) is 11.0. The molecule has 0 amide bonds. The smallest absolute Gasteiger partial charge is 0.146 e. The number of hydrogen-bond acceptors (Lipinski definition) is 5. The Balaban J connectivity index is 1.78. The second kappa shape index (κ2) is 9.94. The zero-order chi connectivity index (χ0) is 21.6. The van der Waals surface area contributed by atoms with E-state index < -0.39 is 0 Å². The summed E-state index contributed by atoms with van der Waals surface area (Å²) in [6.45, 7) is 4.00. The maximum atomic E-state index is 10.2. The van der Waals surface area contributed by atoms with Crippen molar-refractivity contribution in [3.8, 4) is 22.8 Å². The van der Waals surface area contributed by atoms with Gasteiger partial charge in [0.2, 0.25) is 0 Å². The van der Waals surface area contributed by atoms with Gasteiger partial charge in [-0.25, -0.2) is 0 Å². The van der Waals surface area contributed by atoms with Gasteiger partial charge in [0.1, 0.15) is 23.3 Å². The number of rotatable bonds is 6. The average Bonchev–Trinajstić information content (AvgIpc) is 2.84. The summed E-state index contributed by atoms with van der Waals surface area (Å²) < 4.78 is 6.65. The molecular weight excluding hydrogens is 388 g/mol. The first-order valence-corrected chi connectivity index (χ1v) is 11.0. The molecule has 1 aliphatic rings. The lowest BCUT2D eigenvalue weighted by Crippen LogP contribution is -2.39. The van der Waals surface area contributed by atoms with E-state index in [0.717, 1.165) is 53.9 Å². The molecule has 0 saturated heterocycles. The summed E-state index contributed by atoms with van der Waals surface area (Å²) in [7, 11) is 0. The third kappa shape index (κ3) is 4.89. The normalized spacial score (nSPS) is 18.8. The summed E-state index contributed by atoms with van der Waals surface area (Å²) in [4.78, 5) is 7.06. The lowest BCUT2D eigenvalue weighted by atomic mass is 10.00. The Labute approximate surface area is 184 Å². The van der Waals surface area contributed by atoms with Crippen LogP contribution in [0.5, 0.6) is 11.5 Å². The Hall–Kier alpha value is -2.89. The number of aromatic nitrogens is 1. The van der Waals surface area contributed by atoms with Crippen LogP contribution in [0, 0.1) is 0 Å². The molecule has 31 heavy (non-hydrogen) atoms.